The van der Waals surface area contributed by atoms with E-state index in [-0.39, 0.29) is 0 Å². The molecular formula is C29H40Sn. The van der Waals surface area contributed by atoms with Crippen LogP contribution < -0.4 is 0 Å². The van der Waals surface area contributed by atoms with Crippen molar-refractivity contribution in [3.8, 4) is 11.8 Å². The molecule has 1 heteroatoms. The van der Waals surface area contributed by atoms with Gasteiger partial charge < -0.3 is 0 Å². The quantitative estimate of drug-likeness (QED) is 0.211. The molecule has 0 N–H and O–H groups in total. The first kappa shape index (κ1) is 24.8. The molecule has 2 aromatic carbocycles. The van der Waals surface area contributed by atoms with Crippen LogP contribution in [0.25, 0.3) is 5.57 Å². The predicted molar refractivity (Wildman–Crippen MR) is 137 cm³/mol. The predicted octanol–water partition coefficient (Wildman–Crippen LogP) is 8.82. The summed E-state index contributed by atoms with van der Waals surface area (Å²) >= 11 is -2.43. The van der Waals surface area contributed by atoms with Crippen molar-refractivity contribution in [2.45, 2.75) is 79.5 Å². The molecule has 0 aliphatic rings. The summed E-state index contributed by atoms with van der Waals surface area (Å²) in [6, 6.07) is 19.4. The van der Waals surface area contributed by atoms with Crippen molar-refractivity contribution in [3.05, 3.63) is 75.4 Å². The van der Waals surface area contributed by atoms with Crippen molar-refractivity contribution in [1.29, 1.82) is 0 Å². The number of unbranched alkanes of at least 4 members (excludes halogenated alkanes) is 3. The Balaban J connectivity index is 2.53. The maximum absolute atomic E-state index is 3.62. The molecule has 0 bridgehead atoms. The van der Waals surface area contributed by atoms with Crippen molar-refractivity contribution in [2.75, 3.05) is 0 Å². The fourth-order valence-corrected chi connectivity index (χ4v) is 18.9. The van der Waals surface area contributed by atoms with Crippen LogP contribution in [0.3, 0.4) is 0 Å². The number of hydrogen-bond acceptors (Lipinski definition) is 0. The molecule has 30 heavy (non-hydrogen) atoms. The van der Waals surface area contributed by atoms with E-state index in [0.29, 0.717) is 0 Å². The van der Waals surface area contributed by atoms with E-state index in [1.807, 2.05) is 0 Å². The number of benzene rings is 2. The van der Waals surface area contributed by atoms with Crippen LogP contribution in [0.15, 0.2) is 58.7 Å². The van der Waals surface area contributed by atoms with Gasteiger partial charge in [-0.15, -0.1) is 0 Å². The standard InChI is InChI=1S/C17H13.3C4H9.Sn/c1-14-8-12-17(13-9-14)15(2)10-11-16-6-4-3-5-7-16;3*1-3-4-2;/h2-9,12-13H,1H3;3*1,3-4H2,2H3;. The molecule has 0 amide bonds. The van der Waals surface area contributed by atoms with Gasteiger partial charge in [-0.1, -0.05) is 0 Å². The van der Waals surface area contributed by atoms with Crippen LogP contribution in [0.4, 0.5) is 0 Å². The normalized spacial score (nSPS) is 11.8. The number of hydrogen-bond donors (Lipinski definition) is 0. The van der Waals surface area contributed by atoms with Crippen molar-refractivity contribution < 1.29 is 0 Å². The molecule has 0 nitrogen and oxygen atoms in total. The fourth-order valence-electron chi connectivity index (χ4n) is 4.07. The minimum absolute atomic E-state index is 1.10. The Labute approximate surface area is 190 Å². The molecule has 2 rings (SSSR count). The second-order valence-electron chi connectivity index (χ2n) is 8.71. The van der Waals surface area contributed by atoms with Gasteiger partial charge >= 0.3 is 191 Å². The molecule has 0 heterocycles. The first-order valence-corrected chi connectivity index (χ1v) is 19.7. The van der Waals surface area contributed by atoms with Crippen LogP contribution in [0, 0.1) is 18.8 Å². The minimum atomic E-state index is -2.43. The van der Waals surface area contributed by atoms with Gasteiger partial charge in [0.1, 0.15) is 0 Å². The average molecular weight is 507 g/mol. The van der Waals surface area contributed by atoms with E-state index >= 15 is 0 Å². The van der Waals surface area contributed by atoms with E-state index in [0.717, 1.165) is 5.56 Å². The third-order valence-electron chi connectivity index (χ3n) is 6.01. The molecule has 0 aliphatic heterocycles. The molecule has 0 radical (unpaired) electrons. The van der Waals surface area contributed by atoms with E-state index in [9.17, 15) is 0 Å². The molecule has 2 aromatic rings. The first-order chi connectivity index (χ1) is 14.6. The third-order valence-corrected chi connectivity index (χ3v) is 20.1. The fraction of sp³-hybridized carbons (Fsp3) is 0.448. The summed E-state index contributed by atoms with van der Waals surface area (Å²) in [6.07, 6.45) is 8.06. The Morgan fingerprint density at radius 2 is 1.30 bits per heavy atom. The molecule has 0 saturated heterocycles. The Morgan fingerprint density at radius 3 is 1.80 bits per heavy atom. The van der Waals surface area contributed by atoms with E-state index in [1.54, 1.807) is 0 Å². The molecule has 0 saturated carbocycles. The SMILES string of the molecule is CCC[CH2][Sn](/[CH]=C(\C#Cc1ccccc1)c1ccc(C)cc1)([CH2]CCC)[CH2]CCC. The second kappa shape index (κ2) is 13.8. The zero-order valence-corrected chi connectivity index (χ0v) is 22.5. The summed E-state index contributed by atoms with van der Waals surface area (Å²) in [4.78, 5) is 0. The van der Waals surface area contributed by atoms with Gasteiger partial charge in [-0.05, 0) is 0 Å². The average Bonchev–Trinajstić information content (AvgIpc) is 2.78. The van der Waals surface area contributed by atoms with Gasteiger partial charge in [0.05, 0.1) is 0 Å². The van der Waals surface area contributed by atoms with Crippen LogP contribution in [0.1, 0.15) is 76.0 Å². The summed E-state index contributed by atoms with van der Waals surface area (Å²) in [7, 11) is 0. The maximum atomic E-state index is 3.62. The molecule has 0 aliphatic carbocycles. The summed E-state index contributed by atoms with van der Waals surface area (Å²) in [5, 5.41) is 0. The van der Waals surface area contributed by atoms with Crippen LogP contribution in [0.5, 0.6) is 0 Å². The Morgan fingerprint density at radius 1 is 0.767 bits per heavy atom. The third kappa shape index (κ3) is 8.35. The zero-order valence-electron chi connectivity index (χ0n) is 19.6. The van der Waals surface area contributed by atoms with Gasteiger partial charge in [-0.25, -0.2) is 0 Å². The monoisotopic (exact) mass is 508 g/mol. The molecular weight excluding hydrogens is 467 g/mol. The summed E-state index contributed by atoms with van der Waals surface area (Å²) in [5.74, 6) is 7.08. The van der Waals surface area contributed by atoms with Crippen LogP contribution >= 0.6 is 0 Å². The van der Waals surface area contributed by atoms with Crippen LogP contribution in [0.2, 0.25) is 13.3 Å². The summed E-state index contributed by atoms with van der Waals surface area (Å²) < 4.78 is 7.21. The summed E-state index contributed by atoms with van der Waals surface area (Å²) in [6.45, 7) is 9.19. The van der Waals surface area contributed by atoms with E-state index in [4.69, 9.17) is 0 Å². The van der Waals surface area contributed by atoms with Gasteiger partial charge in [0.15, 0.2) is 0 Å². The topological polar surface area (TPSA) is 0 Å². The number of aryl methyl sites for hydroxylation is 1. The summed E-state index contributed by atoms with van der Waals surface area (Å²) in [5.41, 5.74) is 5.01. The van der Waals surface area contributed by atoms with Gasteiger partial charge in [-0.2, -0.15) is 0 Å². The first-order valence-electron chi connectivity index (χ1n) is 12.0. The molecule has 0 spiro atoms. The van der Waals surface area contributed by atoms with E-state index in [2.05, 4.69) is 98.2 Å². The van der Waals surface area contributed by atoms with Gasteiger partial charge in [0.2, 0.25) is 0 Å². The van der Waals surface area contributed by atoms with E-state index < -0.39 is 18.4 Å². The zero-order chi connectivity index (χ0) is 21.7. The second-order valence-corrected chi connectivity index (χ2v) is 21.6. The van der Waals surface area contributed by atoms with Crippen LogP contribution in [-0.2, 0) is 0 Å². The molecule has 0 fully saturated rings. The Kier molecular flexibility index (Phi) is 11.4. The number of rotatable bonds is 11. The molecule has 160 valence electrons. The van der Waals surface area contributed by atoms with E-state index in [1.165, 1.54) is 68.5 Å². The van der Waals surface area contributed by atoms with Crippen molar-refractivity contribution >= 4 is 24.0 Å². The van der Waals surface area contributed by atoms with Crippen LogP contribution in [-0.4, -0.2) is 18.4 Å². The number of allylic oxidation sites excluding steroid dienone is 1. The molecule has 0 unspecified atom stereocenters. The van der Waals surface area contributed by atoms with Crippen molar-refractivity contribution in [3.63, 3.8) is 0 Å². The molecule has 0 atom stereocenters. The molecule has 0 aromatic heterocycles. The van der Waals surface area contributed by atoms with Gasteiger partial charge in [-0.3, -0.25) is 0 Å². The Bertz CT molecular complexity index is 796. The van der Waals surface area contributed by atoms with Gasteiger partial charge in [0.25, 0.3) is 0 Å². The Hall–Kier alpha value is -1.46. The van der Waals surface area contributed by atoms with Gasteiger partial charge in [0, 0.05) is 0 Å². The van der Waals surface area contributed by atoms with Crippen molar-refractivity contribution in [1.82, 2.24) is 0 Å². The van der Waals surface area contributed by atoms with Crippen molar-refractivity contribution in [2.24, 2.45) is 0 Å².